The number of sulfonamides is 1. The van der Waals surface area contributed by atoms with Gasteiger partial charge in [-0.2, -0.15) is 0 Å². The van der Waals surface area contributed by atoms with E-state index in [0.717, 1.165) is 0 Å². The molecule has 1 aromatic carbocycles. The van der Waals surface area contributed by atoms with Crippen molar-refractivity contribution in [3.8, 4) is 0 Å². The molecule has 3 aromatic rings. The van der Waals surface area contributed by atoms with Crippen LogP contribution in [0.1, 0.15) is 5.76 Å². The van der Waals surface area contributed by atoms with Gasteiger partial charge in [-0.15, -0.1) is 0 Å². The number of hydrogen-bond acceptors (Lipinski definition) is 5. The number of carbonyl (C=O) groups is 1. The van der Waals surface area contributed by atoms with Crippen molar-refractivity contribution in [2.45, 2.75) is 4.90 Å². The maximum Gasteiger partial charge on any atom is 0.263 e. The van der Waals surface area contributed by atoms with Crippen molar-refractivity contribution in [3.05, 3.63) is 78.9 Å². The number of hydrogen-bond donors (Lipinski definition) is 2. The quantitative estimate of drug-likeness (QED) is 0.650. The van der Waals surface area contributed by atoms with Gasteiger partial charge in [-0.05, 0) is 54.6 Å². The molecule has 1 amide bonds. The molecule has 0 bridgehead atoms. The van der Waals surface area contributed by atoms with E-state index >= 15 is 0 Å². The van der Waals surface area contributed by atoms with Gasteiger partial charge in [-0.25, -0.2) is 13.4 Å². The van der Waals surface area contributed by atoms with Gasteiger partial charge in [-0.1, -0.05) is 6.07 Å². The Hall–Kier alpha value is -3.39. The van der Waals surface area contributed by atoms with E-state index in [1.165, 1.54) is 48.9 Å². The molecular weight excluding hydrogens is 354 g/mol. The van der Waals surface area contributed by atoms with Gasteiger partial charge in [0.15, 0.2) is 0 Å². The average Bonchev–Trinajstić information content (AvgIpc) is 3.14. The molecule has 132 valence electrons. The van der Waals surface area contributed by atoms with Crippen LogP contribution in [0.3, 0.4) is 0 Å². The molecule has 8 heteroatoms. The molecule has 0 atom stereocenters. The van der Waals surface area contributed by atoms with Crippen molar-refractivity contribution in [1.82, 2.24) is 4.98 Å². The van der Waals surface area contributed by atoms with E-state index in [4.69, 9.17) is 4.42 Å². The van der Waals surface area contributed by atoms with Crippen LogP contribution in [0.2, 0.25) is 0 Å². The fraction of sp³-hybridized carbons (Fsp3) is 0. The molecule has 2 aromatic heterocycles. The summed E-state index contributed by atoms with van der Waals surface area (Å²) in [7, 11) is -3.75. The lowest BCUT2D eigenvalue weighted by Gasteiger charge is -2.08. The fourth-order valence-electron chi connectivity index (χ4n) is 2.06. The molecule has 2 N–H and O–H groups in total. The van der Waals surface area contributed by atoms with Crippen molar-refractivity contribution in [3.63, 3.8) is 0 Å². The second kappa shape index (κ2) is 7.66. The molecule has 0 saturated carbocycles. The molecule has 0 radical (unpaired) electrons. The first kappa shape index (κ1) is 17.4. The first-order valence-electron chi connectivity index (χ1n) is 7.59. The van der Waals surface area contributed by atoms with Gasteiger partial charge in [0.1, 0.15) is 11.6 Å². The van der Waals surface area contributed by atoms with Crippen LogP contribution < -0.4 is 10.0 Å². The van der Waals surface area contributed by atoms with Crippen LogP contribution in [0.4, 0.5) is 11.5 Å². The maximum absolute atomic E-state index is 12.3. The smallest absolute Gasteiger partial charge is 0.263 e. The summed E-state index contributed by atoms with van der Waals surface area (Å²) in [4.78, 5) is 15.8. The predicted octanol–water partition coefficient (Wildman–Crippen LogP) is 3.13. The minimum atomic E-state index is -3.75. The van der Waals surface area contributed by atoms with E-state index < -0.39 is 10.0 Å². The summed E-state index contributed by atoms with van der Waals surface area (Å²) in [6.45, 7) is 0. The molecule has 0 aliphatic heterocycles. The van der Waals surface area contributed by atoms with Crippen LogP contribution in [-0.2, 0) is 14.8 Å². The Balaban J connectivity index is 1.65. The van der Waals surface area contributed by atoms with Gasteiger partial charge >= 0.3 is 0 Å². The van der Waals surface area contributed by atoms with Crippen molar-refractivity contribution >= 4 is 33.5 Å². The SMILES string of the molecule is O=C(/C=C/c1ccco1)Nc1ccc(S(=O)(=O)Nc2ccccn2)cc1. The number of nitrogens with one attached hydrogen (secondary N) is 2. The maximum atomic E-state index is 12.3. The largest absolute Gasteiger partial charge is 0.465 e. The first-order valence-corrected chi connectivity index (χ1v) is 9.08. The van der Waals surface area contributed by atoms with Crippen molar-refractivity contribution in [1.29, 1.82) is 0 Å². The molecule has 0 spiro atoms. The summed E-state index contributed by atoms with van der Waals surface area (Å²) >= 11 is 0. The monoisotopic (exact) mass is 369 g/mol. The second-order valence-corrected chi connectivity index (χ2v) is 6.87. The van der Waals surface area contributed by atoms with Gasteiger partial charge in [0.2, 0.25) is 5.91 Å². The van der Waals surface area contributed by atoms with E-state index in [9.17, 15) is 13.2 Å². The lowest BCUT2D eigenvalue weighted by Crippen LogP contribution is -2.14. The van der Waals surface area contributed by atoms with Crippen LogP contribution in [0.15, 0.2) is 82.4 Å². The predicted molar refractivity (Wildman–Crippen MR) is 97.9 cm³/mol. The average molecular weight is 369 g/mol. The van der Waals surface area contributed by atoms with Gasteiger partial charge in [-0.3, -0.25) is 9.52 Å². The summed E-state index contributed by atoms with van der Waals surface area (Å²) < 4.78 is 32.1. The molecule has 7 nitrogen and oxygen atoms in total. The number of furan rings is 1. The highest BCUT2D eigenvalue weighted by molar-refractivity contribution is 7.92. The highest BCUT2D eigenvalue weighted by atomic mass is 32.2. The van der Waals surface area contributed by atoms with Crippen LogP contribution in [0.5, 0.6) is 0 Å². The lowest BCUT2D eigenvalue weighted by molar-refractivity contribution is -0.111. The molecule has 0 saturated heterocycles. The Morgan fingerprint density at radius 2 is 1.85 bits per heavy atom. The zero-order valence-electron chi connectivity index (χ0n) is 13.5. The molecular formula is C18H15N3O4S. The number of carbonyl (C=O) groups excluding carboxylic acids is 1. The second-order valence-electron chi connectivity index (χ2n) is 5.18. The van der Waals surface area contributed by atoms with E-state index in [1.807, 2.05) is 0 Å². The number of rotatable bonds is 6. The molecule has 3 rings (SSSR count). The van der Waals surface area contributed by atoms with E-state index in [1.54, 1.807) is 30.3 Å². The summed E-state index contributed by atoms with van der Waals surface area (Å²) in [5, 5.41) is 2.64. The lowest BCUT2D eigenvalue weighted by atomic mass is 10.3. The third-order valence-corrected chi connectivity index (χ3v) is 4.65. The standard InChI is InChI=1S/C18H15N3O4S/c22-18(11-8-15-4-3-13-25-15)20-14-6-9-16(10-7-14)26(23,24)21-17-5-1-2-12-19-17/h1-13H,(H,19,21)(H,20,22)/b11-8+. The molecule has 0 unspecified atom stereocenters. The highest BCUT2D eigenvalue weighted by Crippen LogP contribution is 2.17. The Bertz CT molecular complexity index is 996. The minimum absolute atomic E-state index is 0.0623. The normalized spacial score (nSPS) is 11.4. The van der Waals surface area contributed by atoms with Crippen LogP contribution in [0.25, 0.3) is 6.08 Å². The number of benzene rings is 1. The Morgan fingerprint density at radius 3 is 2.50 bits per heavy atom. The number of aromatic nitrogens is 1. The van der Waals surface area contributed by atoms with E-state index in [0.29, 0.717) is 11.4 Å². The fourth-order valence-corrected chi connectivity index (χ4v) is 3.07. The van der Waals surface area contributed by atoms with Crippen molar-refractivity contribution in [2.75, 3.05) is 10.0 Å². The topological polar surface area (TPSA) is 101 Å². The van der Waals surface area contributed by atoms with Crippen LogP contribution >= 0.6 is 0 Å². The third kappa shape index (κ3) is 4.58. The third-order valence-electron chi connectivity index (χ3n) is 3.28. The summed E-state index contributed by atoms with van der Waals surface area (Å²) in [5.41, 5.74) is 0.468. The van der Waals surface area contributed by atoms with Gasteiger partial charge in [0.05, 0.1) is 11.2 Å². The number of pyridine rings is 1. The first-order chi connectivity index (χ1) is 12.5. The van der Waals surface area contributed by atoms with Crippen molar-refractivity contribution in [2.24, 2.45) is 0 Å². The summed E-state index contributed by atoms with van der Waals surface area (Å²) in [6.07, 6.45) is 5.86. The number of nitrogens with zero attached hydrogens (tertiary/aromatic N) is 1. The number of anilines is 2. The summed E-state index contributed by atoms with van der Waals surface area (Å²) in [6, 6.07) is 14.2. The van der Waals surface area contributed by atoms with Gasteiger partial charge in [0, 0.05) is 18.0 Å². The summed E-state index contributed by atoms with van der Waals surface area (Å²) in [5.74, 6) is 0.429. The van der Waals surface area contributed by atoms with Crippen LogP contribution in [-0.4, -0.2) is 19.3 Å². The number of amides is 1. The van der Waals surface area contributed by atoms with Crippen molar-refractivity contribution < 1.29 is 17.6 Å². The van der Waals surface area contributed by atoms with Gasteiger partial charge in [0.25, 0.3) is 10.0 Å². The molecule has 0 aliphatic rings. The van der Waals surface area contributed by atoms with E-state index in [-0.39, 0.29) is 16.6 Å². The Morgan fingerprint density at radius 1 is 1.04 bits per heavy atom. The Kier molecular flexibility index (Phi) is 5.14. The minimum Gasteiger partial charge on any atom is -0.465 e. The zero-order valence-corrected chi connectivity index (χ0v) is 14.3. The molecule has 0 aliphatic carbocycles. The van der Waals surface area contributed by atoms with E-state index in [2.05, 4.69) is 15.0 Å². The highest BCUT2D eigenvalue weighted by Gasteiger charge is 2.14. The molecule has 2 heterocycles. The van der Waals surface area contributed by atoms with Crippen LogP contribution in [0, 0.1) is 0 Å². The molecule has 26 heavy (non-hydrogen) atoms. The molecule has 0 fully saturated rings. The zero-order chi connectivity index (χ0) is 18.4. The Labute approximate surface area is 150 Å². The van der Waals surface area contributed by atoms with Gasteiger partial charge < -0.3 is 9.73 Å².